The topological polar surface area (TPSA) is 94.2 Å². The van der Waals surface area contributed by atoms with Gasteiger partial charge in [-0.25, -0.2) is 8.42 Å². The van der Waals surface area contributed by atoms with Crippen LogP contribution in [0.3, 0.4) is 0 Å². The van der Waals surface area contributed by atoms with Gasteiger partial charge in [0.25, 0.3) is 5.91 Å². The third-order valence-electron chi connectivity index (χ3n) is 4.41. The van der Waals surface area contributed by atoms with Crippen molar-refractivity contribution in [2.45, 2.75) is 4.90 Å². The molecule has 1 amide bonds. The minimum atomic E-state index is -3.80. The van der Waals surface area contributed by atoms with Crippen LogP contribution < -0.4 is 14.8 Å². The zero-order valence-corrected chi connectivity index (χ0v) is 17.0. The molecule has 1 heterocycles. The molecular weight excluding hydrogens is 396 g/mol. The van der Waals surface area contributed by atoms with Crippen LogP contribution in [0.25, 0.3) is 0 Å². The maximum absolute atomic E-state index is 13.0. The molecule has 0 unspecified atom stereocenters. The minimum absolute atomic E-state index is 0.0323. The third-order valence-corrected chi connectivity index (χ3v) is 6.33. The number of rotatable bonds is 8. The lowest BCUT2D eigenvalue weighted by Crippen LogP contribution is -2.40. The lowest BCUT2D eigenvalue weighted by Gasteiger charge is -2.26. The van der Waals surface area contributed by atoms with E-state index in [1.807, 2.05) is 30.3 Å². The number of amides is 1. The molecule has 1 aliphatic rings. The highest BCUT2D eigenvalue weighted by atomic mass is 32.2. The van der Waals surface area contributed by atoms with Crippen LogP contribution in [-0.4, -0.2) is 65.2 Å². The fourth-order valence-electron chi connectivity index (χ4n) is 2.90. The van der Waals surface area contributed by atoms with E-state index in [9.17, 15) is 13.2 Å². The number of benzene rings is 2. The van der Waals surface area contributed by atoms with Crippen LogP contribution in [0.2, 0.25) is 0 Å². The maximum Gasteiger partial charge on any atom is 0.251 e. The van der Waals surface area contributed by atoms with Crippen LogP contribution in [0.4, 0.5) is 0 Å². The molecule has 1 fully saturated rings. The van der Waals surface area contributed by atoms with E-state index in [0.717, 1.165) is 0 Å². The molecule has 0 radical (unpaired) electrons. The van der Waals surface area contributed by atoms with Crippen molar-refractivity contribution in [1.82, 2.24) is 9.62 Å². The SMILES string of the molecule is COc1ccc(C(=O)NCCOc2ccccc2)cc1S(=O)(=O)N1CCOCC1. The first-order valence-corrected chi connectivity index (χ1v) is 10.7. The molecule has 2 aromatic rings. The predicted octanol–water partition coefficient (Wildman–Crippen LogP) is 1.52. The molecule has 0 atom stereocenters. The number of ether oxygens (including phenoxy) is 3. The second kappa shape index (κ2) is 9.73. The number of sulfonamides is 1. The number of para-hydroxylation sites is 1. The van der Waals surface area contributed by atoms with Gasteiger partial charge in [-0.3, -0.25) is 4.79 Å². The Kier molecular flexibility index (Phi) is 7.08. The van der Waals surface area contributed by atoms with Gasteiger partial charge >= 0.3 is 0 Å². The Morgan fingerprint density at radius 1 is 1.14 bits per heavy atom. The van der Waals surface area contributed by atoms with Gasteiger partial charge in [-0.2, -0.15) is 4.31 Å². The fourth-order valence-corrected chi connectivity index (χ4v) is 4.49. The molecule has 156 valence electrons. The minimum Gasteiger partial charge on any atom is -0.495 e. The molecule has 3 rings (SSSR count). The van der Waals surface area contributed by atoms with Crippen molar-refractivity contribution in [3.8, 4) is 11.5 Å². The standard InChI is InChI=1S/C20H24N2O6S/c1-26-18-8-7-16(15-19(18)29(24,25)22-10-13-27-14-11-22)20(23)21-9-12-28-17-5-3-2-4-6-17/h2-8,15H,9-14H2,1H3,(H,21,23). The largest absolute Gasteiger partial charge is 0.495 e. The summed E-state index contributed by atoms with van der Waals surface area (Å²) >= 11 is 0. The van der Waals surface area contributed by atoms with Crippen molar-refractivity contribution in [1.29, 1.82) is 0 Å². The number of morpholine rings is 1. The van der Waals surface area contributed by atoms with E-state index < -0.39 is 10.0 Å². The van der Waals surface area contributed by atoms with Gasteiger partial charge in [-0.05, 0) is 30.3 Å². The number of hydrogen-bond acceptors (Lipinski definition) is 6. The fraction of sp³-hybridized carbons (Fsp3) is 0.350. The third kappa shape index (κ3) is 5.26. The van der Waals surface area contributed by atoms with Crippen molar-refractivity contribution in [2.75, 3.05) is 46.6 Å². The van der Waals surface area contributed by atoms with Crippen molar-refractivity contribution in [2.24, 2.45) is 0 Å². The first-order valence-electron chi connectivity index (χ1n) is 9.24. The number of carbonyl (C=O) groups excluding carboxylic acids is 1. The summed E-state index contributed by atoms with van der Waals surface area (Å²) in [5, 5.41) is 2.73. The number of methoxy groups -OCH3 is 1. The average molecular weight is 420 g/mol. The summed E-state index contributed by atoms with van der Waals surface area (Å²) in [5.74, 6) is 0.522. The number of hydrogen-bond donors (Lipinski definition) is 1. The summed E-state index contributed by atoms with van der Waals surface area (Å²) < 4.78 is 43.3. The van der Waals surface area contributed by atoms with Gasteiger partial charge < -0.3 is 19.5 Å². The lowest BCUT2D eigenvalue weighted by molar-refractivity contribution is 0.0729. The summed E-state index contributed by atoms with van der Waals surface area (Å²) in [4.78, 5) is 12.4. The Bertz CT molecular complexity index is 927. The number of carbonyl (C=O) groups is 1. The molecule has 0 aromatic heterocycles. The zero-order chi connectivity index (χ0) is 20.7. The zero-order valence-electron chi connectivity index (χ0n) is 16.2. The average Bonchev–Trinajstić information content (AvgIpc) is 2.77. The van der Waals surface area contributed by atoms with E-state index in [1.54, 1.807) is 0 Å². The highest BCUT2D eigenvalue weighted by Crippen LogP contribution is 2.28. The Labute approximate surface area is 170 Å². The van der Waals surface area contributed by atoms with E-state index >= 15 is 0 Å². The van der Waals surface area contributed by atoms with Gasteiger partial charge in [-0.15, -0.1) is 0 Å². The first kappa shape index (κ1) is 21.1. The van der Waals surface area contributed by atoms with Gasteiger partial charge in [0.2, 0.25) is 10.0 Å². The Morgan fingerprint density at radius 2 is 1.86 bits per heavy atom. The quantitative estimate of drug-likeness (QED) is 0.651. The molecule has 8 nitrogen and oxygen atoms in total. The monoisotopic (exact) mass is 420 g/mol. The van der Waals surface area contributed by atoms with Crippen molar-refractivity contribution >= 4 is 15.9 Å². The van der Waals surface area contributed by atoms with Gasteiger partial charge in [0, 0.05) is 18.7 Å². The second-order valence-electron chi connectivity index (χ2n) is 6.30. The molecule has 1 aliphatic heterocycles. The Hall–Kier alpha value is -2.62. The molecule has 29 heavy (non-hydrogen) atoms. The maximum atomic E-state index is 13.0. The molecule has 0 aliphatic carbocycles. The molecule has 0 saturated carbocycles. The Morgan fingerprint density at radius 3 is 2.55 bits per heavy atom. The molecule has 9 heteroatoms. The van der Waals surface area contributed by atoms with E-state index in [2.05, 4.69) is 5.32 Å². The summed E-state index contributed by atoms with van der Waals surface area (Å²) in [6.07, 6.45) is 0. The number of nitrogens with zero attached hydrogens (tertiary/aromatic N) is 1. The van der Waals surface area contributed by atoms with Crippen LogP contribution in [-0.2, 0) is 14.8 Å². The lowest BCUT2D eigenvalue weighted by atomic mass is 10.2. The second-order valence-corrected chi connectivity index (χ2v) is 8.21. The van der Waals surface area contributed by atoms with Gasteiger partial charge in [0.15, 0.2) is 0 Å². The molecular formula is C20H24N2O6S. The van der Waals surface area contributed by atoms with Crippen LogP contribution >= 0.6 is 0 Å². The summed E-state index contributed by atoms with van der Waals surface area (Å²) in [5.41, 5.74) is 0.234. The van der Waals surface area contributed by atoms with Crippen LogP contribution in [0.15, 0.2) is 53.4 Å². The summed E-state index contributed by atoms with van der Waals surface area (Å²) in [6, 6.07) is 13.6. The highest BCUT2D eigenvalue weighted by molar-refractivity contribution is 7.89. The van der Waals surface area contributed by atoms with E-state index in [4.69, 9.17) is 14.2 Å². The molecule has 0 spiro atoms. The molecule has 1 N–H and O–H groups in total. The van der Waals surface area contributed by atoms with Gasteiger partial charge in [-0.1, -0.05) is 18.2 Å². The summed E-state index contributed by atoms with van der Waals surface area (Å²) in [7, 11) is -2.40. The normalized spacial score (nSPS) is 14.9. The van der Waals surface area contributed by atoms with Crippen molar-refractivity contribution in [3.63, 3.8) is 0 Å². The molecule has 1 saturated heterocycles. The van der Waals surface area contributed by atoms with Crippen LogP contribution in [0, 0.1) is 0 Å². The highest BCUT2D eigenvalue weighted by Gasteiger charge is 2.30. The molecule has 2 aromatic carbocycles. The Balaban J connectivity index is 1.68. The molecule has 0 bridgehead atoms. The summed E-state index contributed by atoms with van der Waals surface area (Å²) in [6.45, 7) is 1.78. The van der Waals surface area contributed by atoms with Gasteiger partial charge in [0.1, 0.15) is 23.0 Å². The van der Waals surface area contributed by atoms with E-state index in [0.29, 0.717) is 25.6 Å². The van der Waals surface area contributed by atoms with Crippen molar-refractivity contribution < 1.29 is 27.4 Å². The predicted molar refractivity (Wildman–Crippen MR) is 107 cm³/mol. The number of nitrogens with one attached hydrogen (secondary N) is 1. The smallest absolute Gasteiger partial charge is 0.251 e. The van der Waals surface area contributed by atoms with Crippen molar-refractivity contribution in [3.05, 3.63) is 54.1 Å². The van der Waals surface area contributed by atoms with Crippen LogP contribution in [0.5, 0.6) is 11.5 Å². The van der Waals surface area contributed by atoms with Gasteiger partial charge in [0.05, 0.1) is 26.9 Å². The van der Waals surface area contributed by atoms with Crippen LogP contribution in [0.1, 0.15) is 10.4 Å². The van der Waals surface area contributed by atoms with E-state index in [1.165, 1.54) is 29.6 Å². The first-order chi connectivity index (χ1) is 14.0. The van der Waals surface area contributed by atoms with E-state index in [-0.39, 0.29) is 41.7 Å².